The molecule has 4 fully saturated rings. The van der Waals surface area contributed by atoms with Crippen LogP contribution in [0.5, 0.6) is 0 Å². The number of carbonyl (C=O) groups excluding carboxylic acids is 2. The van der Waals surface area contributed by atoms with E-state index in [1.807, 2.05) is 6.08 Å². The van der Waals surface area contributed by atoms with Crippen molar-refractivity contribution in [1.82, 2.24) is 0 Å². The van der Waals surface area contributed by atoms with E-state index in [0.717, 1.165) is 44.1 Å². The normalized spacial score (nSPS) is 45.2. The first-order chi connectivity index (χ1) is 22.6. The lowest BCUT2D eigenvalue weighted by Crippen LogP contribution is -2.63. The number of esters is 2. The number of hydrogen-bond donors (Lipinski definition) is 5. The van der Waals surface area contributed by atoms with Gasteiger partial charge in [0.2, 0.25) is 0 Å². The lowest BCUT2D eigenvalue weighted by Gasteiger charge is -2.62. The molecule has 1 aliphatic heterocycles. The third kappa shape index (κ3) is 7.25. The predicted octanol–water partition coefficient (Wildman–Crippen LogP) is 3.27. The van der Waals surface area contributed by atoms with Crippen LogP contribution in [0.2, 0.25) is 0 Å². The molecule has 0 radical (unpaired) electrons. The van der Waals surface area contributed by atoms with Crippen molar-refractivity contribution in [2.24, 2.45) is 46.3 Å². The van der Waals surface area contributed by atoms with Crippen molar-refractivity contribution in [2.75, 3.05) is 13.2 Å². The van der Waals surface area contributed by atoms with Gasteiger partial charge in [-0.3, -0.25) is 9.59 Å². The molecule has 0 aromatic heterocycles. The van der Waals surface area contributed by atoms with Gasteiger partial charge in [0.15, 0.2) is 6.29 Å². The van der Waals surface area contributed by atoms with Crippen LogP contribution in [0, 0.1) is 46.3 Å². The summed E-state index contributed by atoms with van der Waals surface area (Å²) in [7, 11) is 0. The lowest BCUT2D eigenvalue weighted by atomic mass is 9.45. The fourth-order valence-electron chi connectivity index (χ4n) is 10.6. The van der Waals surface area contributed by atoms with Gasteiger partial charge in [-0.2, -0.15) is 0 Å². The molecule has 48 heavy (non-hydrogen) atoms. The molecular weight excluding hydrogens is 620 g/mol. The van der Waals surface area contributed by atoms with Gasteiger partial charge in [0.25, 0.3) is 0 Å². The summed E-state index contributed by atoms with van der Waals surface area (Å²) in [5.74, 6) is 0.423. The van der Waals surface area contributed by atoms with E-state index in [4.69, 9.17) is 18.9 Å². The third-order valence-electron chi connectivity index (χ3n) is 13.3. The number of ether oxygens (including phenoxy) is 4. The van der Waals surface area contributed by atoms with Gasteiger partial charge in [0, 0.05) is 13.8 Å². The van der Waals surface area contributed by atoms with Crippen LogP contribution in [-0.4, -0.2) is 99.7 Å². The average molecular weight is 681 g/mol. The summed E-state index contributed by atoms with van der Waals surface area (Å²) in [6, 6.07) is 0. The van der Waals surface area contributed by atoms with Gasteiger partial charge in [-0.25, -0.2) is 0 Å². The zero-order valence-corrected chi connectivity index (χ0v) is 29.6. The van der Waals surface area contributed by atoms with Crippen LogP contribution in [-0.2, 0) is 28.5 Å². The molecule has 0 bridgehead atoms. The number of hydrogen-bond acceptors (Lipinski definition) is 11. The van der Waals surface area contributed by atoms with Crippen molar-refractivity contribution >= 4 is 11.9 Å². The third-order valence-corrected chi connectivity index (χ3v) is 13.3. The average Bonchev–Trinajstić information content (AvgIpc) is 3.39. The van der Waals surface area contributed by atoms with Crippen LogP contribution in [0.25, 0.3) is 0 Å². The Labute approximate surface area is 285 Å². The van der Waals surface area contributed by atoms with E-state index in [1.165, 1.54) is 13.8 Å². The fourth-order valence-corrected chi connectivity index (χ4v) is 10.6. The van der Waals surface area contributed by atoms with E-state index in [0.29, 0.717) is 37.7 Å². The maximum Gasteiger partial charge on any atom is 0.302 e. The van der Waals surface area contributed by atoms with Gasteiger partial charge in [-0.15, -0.1) is 0 Å². The lowest BCUT2D eigenvalue weighted by molar-refractivity contribution is -0.324. The molecule has 1 saturated heterocycles. The zero-order chi connectivity index (χ0) is 35.1. The predicted molar refractivity (Wildman–Crippen MR) is 175 cm³/mol. The number of aliphatic hydroxyl groups excluding tert-OH is 5. The van der Waals surface area contributed by atoms with E-state index in [9.17, 15) is 35.1 Å². The fraction of sp³-hybridized carbons (Fsp3) is 0.892. The van der Waals surface area contributed by atoms with E-state index in [-0.39, 0.29) is 47.1 Å². The minimum Gasteiger partial charge on any atom is -0.466 e. The summed E-state index contributed by atoms with van der Waals surface area (Å²) >= 11 is 0. The second kappa shape index (κ2) is 14.9. The Bertz CT molecular complexity index is 1180. The molecule has 11 heteroatoms. The van der Waals surface area contributed by atoms with E-state index < -0.39 is 55.0 Å². The highest BCUT2D eigenvalue weighted by molar-refractivity contribution is 5.66. The van der Waals surface area contributed by atoms with Crippen LogP contribution >= 0.6 is 0 Å². The first kappa shape index (κ1) is 37.7. The maximum atomic E-state index is 12.1. The molecule has 16 atom stereocenters. The van der Waals surface area contributed by atoms with Crippen LogP contribution in [0.1, 0.15) is 99.3 Å². The summed E-state index contributed by atoms with van der Waals surface area (Å²) < 4.78 is 23.0. The van der Waals surface area contributed by atoms with E-state index in [2.05, 4.69) is 27.7 Å². The van der Waals surface area contributed by atoms with Gasteiger partial charge in [-0.05, 0) is 91.3 Å². The second-order valence-corrected chi connectivity index (χ2v) is 16.3. The SMILES string of the molecule is CC(=O)OC[C@H](C)CCC[C@@H](C)[C@H]1CCC2C3C(O[C@@H]4O[C@H](COC(C)=O)[C@H](O)[C@@H](O)[C@H]4O)CC4=CC(O)CC[C@]4(C)C3C[C@H](O)[C@@]21C. The van der Waals surface area contributed by atoms with Gasteiger partial charge < -0.3 is 44.5 Å². The van der Waals surface area contributed by atoms with Gasteiger partial charge in [0.05, 0.1) is 24.9 Å². The highest BCUT2D eigenvalue weighted by atomic mass is 16.7. The van der Waals surface area contributed by atoms with Gasteiger partial charge >= 0.3 is 11.9 Å². The highest BCUT2D eigenvalue weighted by Crippen LogP contribution is 2.68. The van der Waals surface area contributed by atoms with Crippen LogP contribution in [0.15, 0.2) is 11.6 Å². The Hall–Kier alpha value is -1.60. The Balaban J connectivity index is 1.38. The van der Waals surface area contributed by atoms with E-state index >= 15 is 0 Å². The second-order valence-electron chi connectivity index (χ2n) is 16.3. The van der Waals surface area contributed by atoms with Crippen molar-refractivity contribution in [2.45, 2.75) is 148 Å². The van der Waals surface area contributed by atoms with Crippen molar-refractivity contribution < 1.29 is 54.1 Å². The molecule has 5 N–H and O–H groups in total. The largest absolute Gasteiger partial charge is 0.466 e. The highest BCUT2D eigenvalue weighted by Gasteiger charge is 2.65. The van der Waals surface area contributed by atoms with Crippen molar-refractivity contribution in [3.05, 3.63) is 11.6 Å². The Morgan fingerprint density at radius 3 is 2.33 bits per heavy atom. The number of rotatable bonds is 11. The number of aliphatic hydroxyl groups is 5. The molecule has 0 aromatic carbocycles. The van der Waals surface area contributed by atoms with Crippen LogP contribution in [0.3, 0.4) is 0 Å². The molecule has 5 aliphatic rings. The molecule has 274 valence electrons. The molecule has 0 amide bonds. The molecule has 3 saturated carbocycles. The summed E-state index contributed by atoms with van der Waals surface area (Å²) in [4.78, 5) is 22.7. The molecule has 1 heterocycles. The van der Waals surface area contributed by atoms with Gasteiger partial charge in [-0.1, -0.05) is 52.2 Å². The summed E-state index contributed by atoms with van der Waals surface area (Å²) in [5, 5.41) is 55.2. The Kier molecular flexibility index (Phi) is 11.7. The first-order valence-corrected chi connectivity index (χ1v) is 18.3. The van der Waals surface area contributed by atoms with Gasteiger partial charge in [0.1, 0.15) is 31.0 Å². The molecule has 0 aromatic rings. The number of fused-ring (bicyclic) bond motifs is 5. The standard InChI is InChI=1S/C37H60O11/c1-19(17-45-21(3)38)8-7-9-20(2)25-10-11-26-31-27(16-30(41)37(25,26)6)36(5)13-12-24(40)14-23(36)15-28(31)47-35-34(44)33(43)32(42)29(48-35)18-46-22(4)39/h14,19-20,24-35,40-44H,7-13,15-18H2,1-6H3/t19-,20-,24?,25-,26?,27?,28?,29-,30+,31?,32+,33-,34-,35-,36+,37-/m1/s1. The molecule has 5 unspecified atom stereocenters. The monoisotopic (exact) mass is 680 g/mol. The smallest absolute Gasteiger partial charge is 0.302 e. The Morgan fingerprint density at radius 2 is 1.65 bits per heavy atom. The van der Waals surface area contributed by atoms with E-state index in [1.54, 1.807) is 0 Å². The molecule has 11 nitrogen and oxygen atoms in total. The first-order valence-electron chi connectivity index (χ1n) is 18.3. The number of carbonyl (C=O) groups is 2. The summed E-state index contributed by atoms with van der Waals surface area (Å²) in [6.07, 6.45) is 1.10. The van der Waals surface area contributed by atoms with Crippen LogP contribution in [0.4, 0.5) is 0 Å². The van der Waals surface area contributed by atoms with Crippen molar-refractivity contribution in [3.63, 3.8) is 0 Å². The molecule has 5 rings (SSSR count). The van der Waals surface area contributed by atoms with Crippen LogP contribution < -0.4 is 0 Å². The molecule has 0 spiro atoms. The maximum absolute atomic E-state index is 12.1. The molecule has 4 aliphatic carbocycles. The zero-order valence-electron chi connectivity index (χ0n) is 29.6. The van der Waals surface area contributed by atoms with Crippen molar-refractivity contribution in [3.8, 4) is 0 Å². The quantitative estimate of drug-likeness (QED) is 0.160. The van der Waals surface area contributed by atoms with Crippen molar-refractivity contribution in [1.29, 1.82) is 0 Å². The Morgan fingerprint density at radius 1 is 0.938 bits per heavy atom. The summed E-state index contributed by atoms with van der Waals surface area (Å²) in [5.41, 5.74) is 0.529. The minimum atomic E-state index is -1.56. The summed E-state index contributed by atoms with van der Waals surface area (Å²) in [6.45, 7) is 11.8. The topological polar surface area (TPSA) is 172 Å². The minimum absolute atomic E-state index is 0.0310. The molecular formula is C37H60O11.